The van der Waals surface area contributed by atoms with Gasteiger partial charge in [0.1, 0.15) is 5.75 Å². The summed E-state index contributed by atoms with van der Waals surface area (Å²) in [4.78, 5) is 12.0. The molecule has 0 radical (unpaired) electrons. The highest BCUT2D eigenvalue weighted by Crippen LogP contribution is 2.32. The van der Waals surface area contributed by atoms with Gasteiger partial charge in [-0.05, 0) is 44.4 Å². The third kappa shape index (κ3) is 2.57. The Hall–Kier alpha value is -1.77. The van der Waals surface area contributed by atoms with Gasteiger partial charge in [0, 0.05) is 28.7 Å². The van der Waals surface area contributed by atoms with E-state index in [-0.39, 0.29) is 11.5 Å². The Kier molecular flexibility index (Phi) is 3.75. The number of phenols is 1. The van der Waals surface area contributed by atoms with Crippen LogP contribution in [0.3, 0.4) is 0 Å². The molecule has 112 valence electrons. The minimum Gasteiger partial charge on any atom is -0.508 e. The first-order chi connectivity index (χ1) is 10.1. The Morgan fingerprint density at radius 1 is 1.33 bits per heavy atom. The number of rotatable bonds is 4. The predicted molar refractivity (Wildman–Crippen MR) is 84.9 cm³/mol. The largest absolute Gasteiger partial charge is 0.508 e. The van der Waals surface area contributed by atoms with E-state index >= 15 is 0 Å². The van der Waals surface area contributed by atoms with Gasteiger partial charge >= 0.3 is 0 Å². The second-order valence-corrected chi connectivity index (χ2v) is 6.31. The summed E-state index contributed by atoms with van der Waals surface area (Å²) in [5, 5.41) is 10.6. The Balaban J connectivity index is 2.00. The number of carbonyl (C=O) groups is 1. The molecule has 3 heteroatoms. The molecule has 2 aromatic rings. The van der Waals surface area contributed by atoms with Crippen molar-refractivity contribution in [3.8, 4) is 5.75 Å². The van der Waals surface area contributed by atoms with Gasteiger partial charge in [0.15, 0.2) is 5.78 Å². The van der Waals surface area contributed by atoms with Crippen LogP contribution in [0.15, 0.2) is 18.2 Å². The van der Waals surface area contributed by atoms with Gasteiger partial charge in [-0.15, -0.1) is 0 Å². The van der Waals surface area contributed by atoms with Crippen LogP contribution < -0.4 is 0 Å². The van der Waals surface area contributed by atoms with Crippen LogP contribution in [0.2, 0.25) is 0 Å². The number of aromatic hydroxyl groups is 1. The highest BCUT2D eigenvalue weighted by atomic mass is 16.3. The summed E-state index contributed by atoms with van der Waals surface area (Å²) in [5.74, 6) is 1.13. The van der Waals surface area contributed by atoms with Crippen LogP contribution in [0.4, 0.5) is 0 Å². The van der Waals surface area contributed by atoms with Crippen molar-refractivity contribution in [3.05, 3.63) is 29.5 Å². The summed E-state index contributed by atoms with van der Waals surface area (Å²) in [5.41, 5.74) is 2.85. The topological polar surface area (TPSA) is 42.2 Å². The second-order valence-electron chi connectivity index (χ2n) is 6.31. The molecule has 1 N–H and O–H groups in total. The van der Waals surface area contributed by atoms with Crippen molar-refractivity contribution < 1.29 is 9.90 Å². The van der Waals surface area contributed by atoms with Crippen LogP contribution >= 0.6 is 0 Å². The van der Waals surface area contributed by atoms with Crippen LogP contribution in [0.5, 0.6) is 5.75 Å². The van der Waals surface area contributed by atoms with Crippen molar-refractivity contribution in [2.45, 2.75) is 52.5 Å². The SMILES string of the molecule is CC(=O)c1c(C)n(CCC2CCCC2)c2ccc(O)cc12. The number of aromatic nitrogens is 1. The minimum atomic E-state index is 0.0720. The van der Waals surface area contributed by atoms with E-state index < -0.39 is 0 Å². The Labute approximate surface area is 125 Å². The van der Waals surface area contributed by atoms with Crippen LogP contribution in [0.25, 0.3) is 10.9 Å². The Bertz CT molecular complexity index is 678. The van der Waals surface area contributed by atoms with Gasteiger partial charge < -0.3 is 9.67 Å². The van der Waals surface area contributed by atoms with Crippen molar-refractivity contribution in [1.82, 2.24) is 4.57 Å². The maximum absolute atomic E-state index is 12.0. The molecule has 1 aromatic heterocycles. The maximum Gasteiger partial charge on any atom is 0.162 e. The molecule has 1 aliphatic rings. The van der Waals surface area contributed by atoms with E-state index in [2.05, 4.69) is 4.57 Å². The number of nitrogens with zero attached hydrogens (tertiary/aromatic N) is 1. The molecule has 0 spiro atoms. The van der Waals surface area contributed by atoms with Gasteiger partial charge in [-0.25, -0.2) is 0 Å². The lowest BCUT2D eigenvalue weighted by atomic mass is 10.0. The number of carbonyl (C=O) groups excluding carboxylic acids is 1. The molecule has 1 heterocycles. The quantitative estimate of drug-likeness (QED) is 0.844. The molecule has 0 amide bonds. The van der Waals surface area contributed by atoms with E-state index in [1.807, 2.05) is 13.0 Å². The van der Waals surface area contributed by atoms with E-state index in [4.69, 9.17) is 0 Å². The molecule has 0 atom stereocenters. The van der Waals surface area contributed by atoms with E-state index in [0.717, 1.165) is 34.6 Å². The monoisotopic (exact) mass is 285 g/mol. The predicted octanol–water partition coefficient (Wildman–Crippen LogP) is 4.44. The smallest absolute Gasteiger partial charge is 0.162 e. The van der Waals surface area contributed by atoms with E-state index in [9.17, 15) is 9.90 Å². The lowest BCUT2D eigenvalue weighted by Gasteiger charge is -2.12. The van der Waals surface area contributed by atoms with Gasteiger partial charge in [-0.1, -0.05) is 25.7 Å². The molecule has 0 saturated heterocycles. The fraction of sp³-hybridized carbons (Fsp3) is 0.500. The standard InChI is InChI=1S/C18H23NO2/c1-12-18(13(2)20)16-11-15(21)7-8-17(16)19(12)10-9-14-5-3-4-6-14/h7-8,11,14,21H,3-6,9-10H2,1-2H3. The fourth-order valence-electron chi connectivity index (χ4n) is 3.81. The zero-order chi connectivity index (χ0) is 15.0. The first-order valence-corrected chi connectivity index (χ1v) is 7.90. The molecule has 1 fully saturated rings. The number of benzene rings is 1. The molecule has 1 aromatic carbocycles. The molecule has 1 aliphatic carbocycles. The van der Waals surface area contributed by atoms with Crippen molar-refractivity contribution in [3.63, 3.8) is 0 Å². The molecule has 3 rings (SSSR count). The van der Waals surface area contributed by atoms with Crippen LogP contribution in [0.1, 0.15) is 55.1 Å². The van der Waals surface area contributed by atoms with Crippen LogP contribution in [0, 0.1) is 12.8 Å². The van der Waals surface area contributed by atoms with Gasteiger partial charge in [0.05, 0.1) is 0 Å². The number of phenolic OH excluding ortho intramolecular Hbond substituents is 1. The van der Waals surface area contributed by atoms with Crippen molar-refractivity contribution in [1.29, 1.82) is 0 Å². The zero-order valence-corrected chi connectivity index (χ0v) is 12.9. The van der Waals surface area contributed by atoms with Crippen molar-refractivity contribution in [2.24, 2.45) is 5.92 Å². The number of ketones is 1. The summed E-state index contributed by atoms with van der Waals surface area (Å²) in [6.07, 6.45) is 6.60. The summed E-state index contributed by atoms with van der Waals surface area (Å²) in [6, 6.07) is 5.35. The normalized spacial score (nSPS) is 15.9. The molecule has 3 nitrogen and oxygen atoms in total. The van der Waals surface area contributed by atoms with Crippen LogP contribution in [-0.4, -0.2) is 15.5 Å². The molecule has 0 aliphatic heterocycles. The van der Waals surface area contributed by atoms with Gasteiger partial charge in [-0.3, -0.25) is 4.79 Å². The number of hydrogen-bond donors (Lipinski definition) is 1. The van der Waals surface area contributed by atoms with Gasteiger partial charge in [0.2, 0.25) is 0 Å². The number of aryl methyl sites for hydroxylation is 1. The Morgan fingerprint density at radius 3 is 2.71 bits per heavy atom. The Morgan fingerprint density at radius 2 is 2.05 bits per heavy atom. The highest BCUT2D eigenvalue weighted by molar-refractivity contribution is 6.08. The first kappa shape index (κ1) is 14.2. The lowest BCUT2D eigenvalue weighted by Crippen LogP contribution is -2.06. The summed E-state index contributed by atoms with van der Waals surface area (Å²) < 4.78 is 2.25. The molecular formula is C18H23NO2. The molecular weight excluding hydrogens is 262 g/mol. The molecule has 0 bridgehead atoms. The fourth-order valence-corrected chi connectivity index (χ4v) is 3.81. The van der Waals surface area contributed by atoms with E-state index in [0.29, 0.717) is 0 Å². The molecule has 1 saturated carbocycles. The average molecular weight is 285 g/mol. The summed E-state index contributed by atoms with van der Waals surface area (Å²) in [6.45, 7) is 4.58. The number of hydrogen-bond acceptors (Lipinski definition) is 2. The second kappa shape index (κ2) is 5.55. The third-order valence-corrected chi connectivity index (χ3v) is 4.89. The zero-order valence-electron chi connectivity index (χ0n) is 12.9. The maximum atomic E-state index is 12.0. The third-order valence-electron chi connectivity index (χ3n) is 4.89. The van der Waals surface area contributed by atoms with Gasteiger partial charge in [0.25, 0.3) is 0 Å². The van der Waals surface area contributed by atoms with Crippen LogP contribution in [-0.2, 0) is 6.54 Å². The minimum absolute atomic E-state index is 0.0720. The summed E-state index contributed by atoms with van der Waals surface area (Å²) in [7, 11) is 0. The van der Waals surface area contributed by atoms with E-state index in [1.54, 1.807) is 19.1 Å². The van der Waals surface area contributed by atoms with Gasteiger partial charge in [-0.2, -0.15) is 0 Å². The van der Waals surface area contributed by atoms with Crippen molar-refractivity contribution in [2.75, 3.05) is 0 Å². The molecule has 21 heavy (non-hydrogen) atoms. The summed E-state index contributed by atoms with van der Waals surface area (Å²) >= 11 is 0. The highest BCUT2D eigenvalue weighted by Gasteiger charge is 2.20. The van der Waals surface area contributed by atoms with E-state index in [1.165, 1.54) is 32.1 Å². The number of Topliss-reactive ketones (excluding diaryl/α,β-unsaturated/α-hetero) is 1. The molecule has 0 unspecified atom stereocenters. The van der Waals surface area contributed by atoms with Crippen molar-refractivity contribution >= 4 is 16.7 Å². The lowest BCUT2D eigenvalue weighted by molar-refractivity contribution is 0.101. The average Bonchev–Trinajstić information content (AvgIpc) is 3.01. The first-order valence-electron chi connectivity index (χ1n) is 7.90. The number of fused-ring (bicyclic) bond motifs is 1.